The van der Waals surface area contributed by atoms with Gasteiger partial charge >= 0.3 is 0 Å². The highest BCUT2D eigenvalue weighted by atomic mass is 79.9. The predicted molar refractivity (Wildman–Crippen MR) is 78.7 cm³/mol. The van der Waals surface area contributed by atoms with Gasteiger partial charge in [0.1, 0.15) is 0 Å². The SMILES string of the molecule is Cc1cc(Br)ccc1C(=O)/C=C/c1ccccc1. The molecule has 18 heavy (non-hydrogen) atoms. The van der Waals surface area contributed by atoms with E-state index in [1.807, 2.05) is 61.5 Å². The monoisotopic (exact) mass is 300 g/mol. The van der Waals surface area contributed by atoms with Crippen LogP contribution in [-0.4, -0.2) is 5.78 Å². The van der Waals surface area contributed by atoms with Gasteiger partial charge in [0.15, 0.2) is 5.78 Å². The van der Waals surface area contributed by atoms with E-state index in [0.29, 0.717) is 0 Å². The van der Waals surface area contributed by atoms with Crippen molar-refractivity contribution in [3.8, 4) is 0 Å². The molecule has 0 bridgehead atoms. The Balaban J connectivity index is 2.20. The highest BCUT2D eigenvalue weighted by molar-refractivity contribution is 9.10. The second kappa shape index (κ2) is 5.78. The molecule has 0 aliphatic carbocycles. The van der Waals surface area contributed by atoms with Crippen LogP contribution in [-0.2, 0) is 0 Å². The molecule has 2 heteroatoms. The number of benzene rings is 2. The first-order valence-corrected chi connectivity index (χ1v) is 6.50. The number of rotatable bonds is 3. The van der Waals surface area contributed by atoms with Crippen molar-refractivity contribution in [2.45, 2.75) is 6.92 Å². The minimum Gasteiger partial charge on any atom is -0.289 e. The minimum atomic E-state index is 0.0313. The fourth-order valence-corrected chi connectivity index (χ4v) is 2.20. The third kappa shape index (κ3) is 3.17. The maximum Gasteiger partial charge on any atom is 0.186 e. The normalized spacial score (nSPS) is 10.8. The summed E-state index contributed by atoms with van der Waals surface area (Å²) in [7, 11) is 0. The average Bonchev–Trinajstić information content (AvgIpc) is 2.37. The second-order valence-corrected chi connectivity index (χ2v) is 4.98. The maximum absolute atomic E-state index is 12.0. The molecule has 0 atom stereocenters. The Bertz CT molecular complexity index is 585. The molecular weight excluding hydrogens is 288 g/mol. The van der Waals surface area contributed by atoms with Crippen LogP contribution in [0, 0.1) is 6.92 Å². The Hall–Kier alpha value is -1.67. The number of ketones is 1. The Labute approximate surface area is 115 Å². The van der Waals surface area contributed by atoms with Gasteiger partial charge in [-0.1, -0.05) is 52.3 Å². The molecule has 2 rings (SSSR count). The van der Waals surface area contributed by atoms with E-state index in [0.717, 1.165) is 21.2 Å². The first kappa shape index (κ1) is 12.8. The number of halogens is 1. The Morgan fingerprint density at radius 3 is 2.50 bits per heavy atom. The van der Waals surface area contributed by atoms with E-state index >= 15 is 0 Å². The molecule has 0 amide bonds. The topological polar surface area (TPSA) is 17.1 Å². The molecule has 0 unspecified atom stereocenters. The number of hydrogen-bond donors (Lipinski definition) is 0. The summed E-state index contributed by atoms with van der Waals surface area (Å²) in [4.78, 5) is 12.0. The lowest BCUT2D eigenvalue weighted by Gasteiger charge is -2.02. The molecule has 0 saturated heterocycles. The van der Waals surface area contributed by atoms with Crippen molar-refractivity contribution < 1.29 is 4.79 Å². The van der Waals surface area contributed by atoms with E-state index in [-0.39, 0.29) is 5.78 Å². The van der Waals surface area contributed by atoms with E-state index in [4.69, 9.17) is 0 Å². The fourth-order valence-electron chi connectivity index (χ4n) is 1.73. The number of carbonyl (C=O) groups excluding carboxylic acids is 1. The van der Waals surface area contributed by atoms with Gasteiger partial charge in [-0.2, -0.15) is 0 Å². The summed E-state index contributed by atoms with van der Waals surface area (Å²) in [6.07, 6.45) is 3.45. The van der Waals surface area contributed by atoms with Crippen molar-refractivity contribution in [1.29, 1.82) is 0 Å². The van der Waals surface area contributed by atoms with Gasteiger partial charge in [-0.3, -0.25) is 4.79 Å². The lowest BCUT2D eigenvalue weighted by atomic mass is 10.0. The summed E-state index contributed by atoms with van der Waals surface area (Å²) in [6, 6.07) is 15.5. The third-order valence-electron chi connectivity index (χ3n) is 2.68. The van der Waals surface area contributed by atoms with Crippen LogP contribution in [0.1, 0.15) is 21.5 Å². The van der Waals surface area contributed by atoms with Crippen molar-refractivity contribution in [1.82, 2.24) is 0 Å². The van der Waals surface area contributed by atoms with Crippen molar-refractivity contribution in [3.05, 3.63) is 75.8 Å². The zero-order valence-electron chi connectivity index (χ0n) is 10.1. The minimum absolute atomic E-state index is 0.0313. The van der Waals surface area contributed by atoms with Gasteiger partial charge in [-0.25, -0.2) is 0 Å². The third-order valence-corrected chi connectivity index (χ3v) is 3.17. The van der Waals surface area contributed by atoms with Crippen LogP contribution in [0.4, 0.5) is 0 Å². The van der Waals surface area contributed by atoms with Crippen LogP contribution >= 0.6 is 15.9 Å². The molecule has 2 aromatic carbocycles. The average molecular weight is 301 g/mol. The standard InChI is InChI=1S/C16H13BrO/c1-12-11-14(17)8-9-15(12)16(18)10-7-13-5-3-2-4-6-13/h2-11H,1H3/b10-7+. The van der Waals surface area contributed by atoms with E-state index in [1.165, 1.54) is 0 Å². The Kier molecular flexibility index (Phi) is 4.11. The molecule has 2 aromatic rings. The molecule has 0 fully saturated rings. The molecule has 1 nitrogen and oxygen atoms in total. The molecule has 90 valence electrons. The first-order valence-electron chi connectivity index (χ1n) is 5.70. The lowest BCUT2D eigenvalue weighted by Crippen LogP contribution is -1.97. The summed E-state index contributed by atoms with van der Waals surface area (Å²) in [5, 5.41) is 0. The molecule has 0 aliphatic rings. The van der Waals surface area contributed by atoms with Gasteiger partial charge < -0.3 is 0 Å². The molecule has 0 saturated carbocycles. The highest BCUT2D eigenvalue weighted by Crippen LogP contribution is 2.17. The Morgan fingerprint density at radius 2 is 1.83 bits per heavy atom. The first-order chi connectivity index (χ1) is 8.66. The molecule has 0 aromatic heterocycles. The number of allylic oxidation sites excluding steroid dienone is 1. The molecule has 0 radical (unpaired) electrons. The van der Waals surface area contributed by atoms with Gasteiger partial charge in [0, 0.05) is 10.0 Å². The van der Waals surface area contributed by atoms with Crippen LogP contribution in [0.15, 0.2) is 59.1 Å². The Morgan fingerprint density at radius 1 is 1.11 bits per heavy atom. The van der Waals surface area contributed by atoms with Crippen LogP contribution in [0.5, 0.6) is 0 Å². The summed E-state index contributed by atoms with van der Waals surface area (Å²) in [5.41, 5.74) is 2.75. The molecule has 0 spiro atoms. The van der Waals surface area contributed by atoms with Crippen LogP contribution in [0.3, 0.4) is 0 Å². The number of aryl methyl sites for hydroxylation is 1. The van der Waals surface area contributed by atoms with Gasteiger partial charge in [0.25, 0.3) is 0 Å². The van der Waals surface area contributed by atoms with E-state index in [9.17, 15) is 4.79 Å². The summed E-state index contributed by atoms with van der Waals surface area (Å²) in [5.74, 6) is 0.0313. The van der Waals surface area contributed by atoms with Crippen molar-refractivity contribution >= 4 is 27.8 Å². The summed E-state index contributed by atoms with van der Waals surface area (Å²) in [6.45, 7) is 1.94. The van der Waals surface area contributed by atoms with Gasteiger partial charge in [0.2, 0.25) is 0 Å². The lowest BCUT2D eigenvalue weighted by molar-refractivity contribution is 0.104. The van der Waals surface area contributed by atoms with Gasteiger partial charge in [-0.05, 0) is 42.3 Å². The van der Waals surface area contributed by atoms with E-state index in [1.54, 1.807) is 6.08 Å². The largest absolute Gasteiger partial charge is 0.289 e. The van der Waals surface area contributed by atoms with Crippen molar-refractivity contribution in [2.75, 3.05) is 0 Å². The van der Waals surface area contributed by atoms with Gasteiger partial charge in [-0.15, -0.1) is 0 Å². The predicted octanol–water partition coefficient (Wildman–Crippen LogP) is 4.65. The van der Waals surface area contributed by atoms with Crippen molar-refractivity contribution in [3.63, 3.8) is 0 Å². The fraction of sp³-hybridized carbons (Fsp3) is 0.0625. The van der Waals surface area contributed by atoms with Crippen LogP contribution in [0.2, 0.25) is 0 Å². The quantitative estimate of drug-likeness (QED) is 0.595. The maximum atomic E-state index is 12.0. The summed E-state index contributed by atoms with van der Waals surface area (Å²) < 4.78 is 0.989. The summed E-state index contributed by atoms with van der Waals surface area (Å²) >= 11 is 3.39. The zero-order valence-corrected chi connectivity index (χ0v) is 11.6. The second-order valence-electron chi connectivity index (χ2n) is 4.07. The zero-order chi connectivity index (χ0) is 13.0. The number of hydrogen-bond acceptors (Lipinski definition) is 1. The molecule has 0 heterocycles. The van der Waals surface area contributed by atoms with Gasteiger partial charge in [0.05, 0.1) is 0 Å². The van der Waals surface area contributed by atoms with E-state index < -0.39 is 0 Å². The molecule has 0 aliphatic heterocycles. The van der Waals surface area contributed by atoms with Crippen molar-refractivity contribution in [2.24, 2.45) is 0 Å². The molecule has 0 N–H and O–H groups in total. The molecular formula is C16H13BrO. The van der Waals surface area contributed by atoms with E-state index in [2.05, 4.69) is 15.9 Å². The highest BCUT2D eigenvalue weighted by Gasteiger charge is 2.05. The number of carbonyl (C=O) groups is 1. The van der Waals surface area contributed by atoms with Crippen LogP contribution < -0.4 is 0 Å². The van der Waals surface area contributed by atoms with Crippen LogP contribution in [0.25, 0.3) is 6.08 Å². The smallest absolute Gasteiger partial charge is 0.186 e.